The molecule has 4 rings (SSSR count). The van der Waals surface area contributed by atoms with Gasteiger partial charge >= 0.3 is 0 Å². The highest BCUT2D eigenvalue weighted by atomic mass is 32.1. The van der Waals surface area contributed by atoms with Crippen LogP contribution < -0.4 is 0 Å². The van der Waals surface area contributed by atoms with Crippen molar-refractivity contribution in [3.8, 4) is 11.3 Å². The lowest BCUT2D eigenvalue weighted by Gasteiger charge is -2.19. The average Bonchev–Trinajstić information content (AvgIpc) is 3.09. The maximum absolute atomic E-state index is 11.8. The highest BCUT2D eigenvalue weighted by Crippen LogP contribution is 2.35. The number of carbonyl (C=O) groups excluding carboxylic acids is 1. The first-order chi connectivity index (χ1) is 11.5. The fraction of sp³-hybridized carbons (Fsp3) is 0.400. The number of thiazole rings is 1. The van der Waals surface area contributed by atoms with Gasteiger partial charge in [-0.15, -0.1) is 11.3 Å². The Labute approximate surface area is 146 Å². The molecule has 2 aromatic heterocycles. The van der Waals surface area contributed by atoms with Crippen LogP contribution in [-0.4, -0.2) is 15.7 Å². The highest BCUT2D eigenvalue weighted by Gasteiger charge is 2.23. The van der Waals surface area contributed by atoms with Crippen LogP contribution in [0.3, 0.4) is 0 Å². The van der Waals surface area contributed by atoms with Crippen LogP contribution >= 0.6 is 11.3 Å². The van der Waals surface area contributed by atoms with Crippen LogP contribution in [0.4, 0.5) is 0 Å². The lowest BCUT2D eigenvalue weighted by molar-refractivity contribution is 0.111. The second-order valence-electron chi connectivity index (χ2n) is 7.59. The number of aryl methyl sites for hydroxylation is 2. The molecular weight excluding hydrogens is 316 g/mol. The Morgan fingerprint density at radius 3 is 2.50 bits per heavy atom. The van der Waals surface area contributed by atoms with Gasteiger partial charge in [-0.3, -0.25) is 9.20 Å². The van der Waals surface area contributed by atoms with Gasteiger partial charge in [0.25, 0.3) is 0 Å². The van der Waals surface area contributed by atoms with E-state index >= 15 is 0 Å². The summed E-state index contributed by atoms with van der Waals surface area (Å²) in [4.78, 5) is 19.0. The molecule has 0 aliphatic heterocycles. The van der Waals surface area contributed by atoms with Gasteiger partial charge in [0.15, 0.2) is 11.2 Å². The molecule has 0 atom stereocenters. The molecule has 1 aromatic carbocycles. The third-order valence-electron chi connectivity index (χ3n) is 4.89. The van der Waals surface area contributed by atoms with Crippen LogP contribution in [0.2, 0.25) is 0 Å². The molecule has 2 heterocycles. The van der Waals surface area contributed by atoms with Crippen molar-refractivity contribution in [2.45, 2.75) is 51.9 Å². The van der Waals surface area contributed by atoms with E-state index in [4.69, 9.17) is 4.98 Å². The molecule has 0 fully saturated rings. The monoisotopic (exact) mass is 338 g/mol. The lowest BCUT2D eigenvalue weighted by Crippen LogP contribution is -2.10. The first-order valence-corrected chi connectivity index (χ1v) is 9.40. The number of hydrogen-bond acceptors (Lipinski definition) is 3. The SMILES string of the molecule is CC(C)(C)c1ccc(-c2nc3sc4c(n3c2C=O)CCCC4)cc1. The second kappa shape index (κ2) is 5.55. The number of fused-ring (bicyclic) bond motifs is 3. The number of imidazole rings is 1. The van der Waals surface area contributed by atoms with Crippen LogP contribution in [0.5, 0.6) is 0 Å². The summed E-state index contributed by atoms with van der Waals surface area (Å²) in [6.45, 7) is 6.62. The molecule has 1 aliphatic rings. The van der Waals surface area contributed by atoms with Crippen molar-refractivity contribution in [1.82, 2.24) is 9.38 Å². The fourth-order valence-electron chi connectivity index (χ4n) is 3.51. The number of nitrogens with zero attached hydrogens (tertiary/aromatic N) is 2. The molecule has 124 valence electrons. The third-order valence-corrected chi connectivity index (χ3v) is 6.03. The number of aromatic nitrogens is 2. The summed E-state index contributed by atoms with van der Waals surface area (Å²) in [5.74, 6) is 0. The number of hydrogen-bond donors (Lipinski definition) is 0. The highest BCUT2D eigenvalue weighted by molar-refractivity contribution is 7.17. The van der Waals surface area contributed by atoms with Gasteiger partial charge in [0, 0.05) is 16.1 Å². The average molecular weight is 338 g/mol. The molecule has 0 saturated carbocycles. The summed E-state index contributed by atoms with van der Waals surface area (Å²) in [7, 11) is 0. The van der Waals surface area contributed by atoms with Crippen LogP contribution in [-0.2, 0) is 18.3 Å². The predicted molar refractivity (Wildman–Crippen MR) is 99.2 cm³/mol. The minimum atomic E-state index is 0.125. The van der Waals surface area contributed by atoms with Gasteiger partial charge in [-0.25, -0.2) is 4.98 Å². The maximum Gasteiger partial charge on any atom is 0.195 e. The Morgan fingerprint density at radius 2 is 1.83 bits per heavy atom. The van der Waals surface area contributed by atoms with Gasteiger partial charge < -0.3 is 0 Å². The second-order valence-corrected chi connectivity index (χ2v) is 8.65. The number of rotatable bonds is 2. The molecule has 4 heteroatoms. The molecule has 24 heavy (non-hydrogen) atoms. The van der Waals surface area contributed by atoms with E-state index in [0.29, 0.717) is 5.69 Å². The van der Waals surface area contributed by atoms with Crippen LogP contribution in [0.25, 0.3) is 16.2 Å². The van der Waals surface area contributed by atoms with Gasteiger partial charge in [-0.1, -0.05) is 45.0 Å². The van der Waals surface area contributed by atoms with Gasteiger partial charge in [0.1, 0.15) is 11.4 Å². The Morgan fingerprint density at radius 1 is 1.12 bits per heavy atom. The van der Waals surface area contributed by atoms with Crippen molar-refractivity contribution in [3.05, 3.63) is 46.1 Å². The van der Waals surface area contributed by atoms with Crippen molar-refractivity contribution < 1.29 is 4.79 Å². The standard InChI is InChI=1S/C20H22N2OS/c1-20(2,3)14-10-8-13(9-11-14)18-16(12-23)22-15-6-4-5-7-17(15)24-19(22)21-18/h8-12H,4-7H2,1-3H3. The molecule has 0 amide bonds. The molecule has 3 nitrogen and oxygen atoms in total. The maximum atomic E-state index is 11.8. The Kier molecular flexibility index (Phi) is 3.61. The summed E-state index contributed by atoms with van der Waals surface area (Å²) in [5.41, 5.74) is 5.24. The Balaban J connectivity index is 1.85. The summed E-state index contributed by atoms with van der Waals surface area (Å²) < 4.78 is 2.10. The normalized spacial score (nSPS) is 14.8. The largest absolute Gasteiger partial charge is 0.296 e. The quantitative estimate of drug-likeness (QED) is 0.613. The van der Waals surface area contributed by atoms with Crippen molar-refractivity contribution in [2.24, 2.45) is 0 Å². The third kappa shape index (κ3) is 2.40. The summed E-state index contributed by atoms with van der Waals surface area (Å²) in [5, 5.41) is 0. The minimum Gasteiger partial charge on any atom is -0.296 e. The van der Waals surface area contributed by atoms with E-state index in [-0.39, 0.29) is 5.41 Å². The number of aldehydes is 1. The molecule has 0 unspecified atom stereocenters. The molecule has 0 N–H and O–H groups in total. The van der Waals surface area contributed by atoms with Gasteiger partial charge in [0.2, 0.25) is 0 Å². The van der Waals surface area contributed by atoms with Gasteiger partial charge in [-0.2, -0.15) is 0 Å². The number of carbonyl (C=O) groups is 1. The van der Waals surface area contributed by atoms with E-state index in [2.05, 4.69) is 49.4 Å². The van der Waals surface area contributed by atoms with E-state index in [0.717, 1.165) is 35.3 Å². The molecule has 0 saturated heterocycles. The first-order valence-electron chi connectivity index (χ1n) is 8.58. The van der Waals surface area contributed by atoms with Crippen molar-refractivity contribution in [1.29, 1.82) is 0 Å². The molecule has 3 aromatic rings. The van der Waals surface area contributed by atoms with E-state index in [9.17, 15) is 4.79 Å². The zero-order chi connectivity index (χ0) is 16.9. The van der Waals surface area contributed by atoms with Gasteiger partial charge in [0.05, 0.1) is 0 Å². The summed E-state index contributed by atoms with van der Waals surface area (Å²) >= 11 is 1.75. The van der Waals surface area contributed by atoms with Gasteiger partial charge in [-0.05, 0) is 36.7 Å². The van der Waals surface area contributed by atoms with Crippen LogP contribution in [0.1, 0.15) is 60.2 Å². The Bertz CT molecular complexity index is 910. The molecular formula is C20H22N2OS. The summed E-state index contributed by atoms with van der Waals surface area (Å²) in [6, 6.07) is 8.47. The van der Waals surface area contributed by atoms with Crippen molar-refractivity contribution in [2.75, 3.05) is 0 Å². The lowest BCUT2D eigenvalue weighted by atomic mass is 9.86. The van der Waals surface area contributed by atoms with E-state index in [1.165, 1.54) is 29.0 Å². The fourth-order valence-corrected chi connectivity index (χ4v) is 4.72. The van der Waals surface area contributed by atoms with Crippen molar-refractivity contribution >= 4 is 22.6 Å². The topological polar surface area (TPSA) is 34.4 Å². The van der Waals surface area contributed by atoms with Crippen molar-refractivity contribution in [3.63, 3.8) is 0 Å². The molecule has 1 aliphatic carbocycles. The number of benzene rings is 1. The Hall–Kier alpha value is -1.94. The minimum absolute atomic E-state index is 0.125. The van der Waals surface area contributed by atoms with Crippen LogP contribution in [0.15, 0.2) is 24.3 Å². The molecule has 0 spiro atoms. The summed E-state index contributed by atoms with van der Waals surface area (Å²) in [6.07, 6.45) is 5.58. The van der Waals surface area contributed by atoms with E-state index in [1.54, 1.807) is 11.3 Å². The zero-order valence-electron chi connectivity index (χ0n) is 14.4. The molecule has 0 bridgehead atoms. The van der Waals surface area contributed by atoms with Crippen LogP contribution in [0, 0.1) is 0 Å². The van der Waals surface area contributed by atoms with E-state index < -0.39 is 0 Å². The zero-order valence-corrected chi connectivity index (χ0v) is 15.2. The smallest absolute Gasteiger partial charge is 0.195 e. The predicted octanol–water partition coefficient (Wildman–Crippen LogP) is 5.05. The molecule has 0 radical (unpaired) electrons. The first kappa shape index (κ1) is 15.6. The van der Waals surface area contributed by atoms with E-state index in [1.807, 2.05) is 0 Å².